The van der Waals surface area contributed by atoms with E-state index in [0.29, 0.717) is 31.3 Å². The lowest BCUT2D eigenvalue weighted by Crippen LogP contribution is -2.44. The first-order valence-electron chi connectivity index (χ1n) is 8.09. The Labute approximate surface area is 138 Å². The van der Waals surface area contributed by atoms with E-state index < -0.39 is 6.10 Å². The van der Waals surface area contributed by atoms with Crippen LogP contribution in [0.3, 0.4) is 0 Å². The molecule has 0 spiro atoms. The molecule has 0 aromatic carbocycles. The van der Waals surface area contributed by atoms with E-state index in [9.17, 15) is 9.90 Å². The van der Waals surface area contributed by atoms with Crippen LogP contribution < -0.4 is 10.2 Å². The van der Waals surface area contributed by atoms with Crippen LogP contribution in [0, 0.1) is 0 Å². The summed E-state index contributed by atoms with van der Waals surface area (Å²) in [6.07, 6.45) is 1.73. The number of rotatable bonds is 3. The van der Waals surface area contributed by atoms with Gasteiger partial charge < -0.3 is 29.5 Å². The summed E-state index contributed by atoms with van der Waals surface area (Å²) in [7, 11) is 0. The molecule has 3 aliphatic heterocycles. The predicted molar refractivity (Wildman–Crippen MR) is 81.8 cm³/mol. The number of aliphatic hydroxyl groups excluding tert-OH is 1. The summed E-state index contributed by atoms with van der Waals surface area (Å²) in [6, 6.07) is -0.279. The lowest BCUT2D eigenvalue weighted by Gasteiger charge is -2.26. The van der Waals surface area contributed by atoms with Crippen molar-refractivity contribution in [3.63, 3.8) is 0 Å². The Bertz CT molecular complexity index is 592. The van der Waals surface area contributed by atoms with Gasteiger partial charge in [-0.1, -0.05) is 0 Å². The van der Waals surface area contributed by atoms with Gasteiger partial charge in [-0.15, -0.1) is 0 Å². The van der Waals surface area contributed by atoms with Crippen molar-refractivity contribution in [2.45, 2.75) is 24.4 Å². The van der Waals surface area contributed by atoms with E-state index in [2.05, 4.69) is 15.3 Å². The Morgan fingerprint density at radius 1 is 1.17 bits per heavy atom. The second-order valence-electron chi connectivity index (χ2n) is 6.11. The zero-order valence-corrected chi connectivity index (χ0v) is 13.1. The van der Waals surface area contributed by atoms with Crippen molar-refractivity contribution in [2.75, 3.05) is 44.4 Å². The lowest BCUT2D eigenvalue weighted by molar-refractivity contribution is 0.0178. The summed E-state index contributed by atoms with van der Waals surface area (Å²) in [5.74, 6) is 0.323. The van der Waals surface area contributed by atoms with Crippen LogP contribution >= 0.6 is 0 Å². The molecule has 9 nitrogen and oxygen atoms in total. The second kappa shape index (κ2) is 6.60. The van der Waals surface area contributed by atoms with Crippen molar-refractivity contribution in [1.82, 2.24) is 15.3 Å². The van der Waals surface area contributed by atoms with Crippen LogP contribution in [-0.4, -0.2) is 84.9 Å². The number of aromatic nitrogens is 2. The molecule has 0 aliphatic carbocycles. The average Bonchev–Trinajstić information content (AvgIpc) is 3.19. The molecule has 0 bridgehead atoms. The largest absolute Gasteiger partial charge is 0.388 e. The zero-order valence-electron chi connectivity index (χ0n) is 13.1. The number of carbonyl (C=O) groups excluding carboxylic acids is 1. The molecule has 1 aromatic rings. The van der Waals surface area contributed by atoms with E-state index in [-0.39, 0.29) is 30.8 Å². The number of aliphatic hydroxyl groups is 1. The molecule has 24 heavy (non-hydrogen) atoms. The lowest BCUT2D eigenvalue weighted by atomic mass is 10.1. The third-order valence-electron chi connectivity index (χ3n) is 4.54. The number of morpholine rings is 1. The minimum atomic E-state index is -0.631. The fourth-order valence-electron chi connectivity index (χ4n) is 3.22. The molecule has 3 saturated heterocycles. The van der Waals surface area contributed by atoms with Gasteiger partial charge in [0.05, 0.1) is 38.0 Å². The minimum absolute atomic E-state index is 0.235. The number of nitrogens with one attached hydrogen (secondary N) is 1. The molecule has 9 heteroatoms. The fraction of sp³-hybridized carbons (Fsp3) is 0.667. The maximum atomic E-state index is 12.4. The number of anilines is 1. The van der Waals surface area contributed by atoms with E-state index in [4.69, 9.17) is 14.2 Å². The highest BCUT2D eigenvalue weighted by atomic mass is 16.6. The van der Waals surface area contributed by atoms with Crippen molar-refractivity contribution in [1.29, 1.82) is 0 Å². The molecule has 1 aromatic heterocycles. The molecule has 4 heterocycles. The summed E-state index contributed by atoms with van der Waals surface area (Å²) < 4.78 is 16.3. The second-order valence-corrected chi connectivity index (χ2v) is 6.11. The van der Waals surface area contributed by atoms with E-state index >= 15 is 0 Å². The van der Waals surface area contributed by atoms with E-state index in [1.807, 2.05) is 4.90 Å². The van der Waals surface area contributed by atoms with Crippen LogP contribution in [-0.2, 0) is 14.2 Å². The number of hydrogen-bond acceptors (Lipinski definition) is 8. The molecular formula is C15H20N4O5. The molecule has 3 aliphatic rings. The smallest absolute Gasteiger partial charge is 0.254 e. The maximum Gasteiger partial charge on any atom is 0.254 e. The third-order valence-corrected chi connectivity index (χ3v) is 4.54. The van der Waals surface area contributed by atoms with Gasteiger partial charge in [0.25, 0.3) is 5.91 Å². The number of ether oxygens (including phenoxy) is 3. The van der Waals surface area contributed by atoms with Gasteiger partial charge in [0, 0.05) is 25.5 Å². The number of nitrogens with zero attached hydrogens (tertiary/aromatic N) is 3. The normalized spacial score (nSPS) is 32.6. The highest BCUT2D eigenvalue weighted by Gasteiger charge is 2.47. The monoisotopic (exact) mass is 336 g/mol. The van der Waals surface area contributed by atoms with Gasteiger partial charge >= 0.3 is 0 Å². The summed E-state index contributed by atoms with van der Waals surface area (Å²) in [5, 5.41) is 12.6. The Balaban J connectivity index is 1.38. The molecule has 4 atom stereocenters. The van der Waals surface area contributed by atoms with Crippen molar-refractivity contribution < 1.29 is 24.1 Å². The molecule has 2 N–H and O–H groups in total. The van der Waals surface area contributed by atoms with Crippen LogP contribution in [0.4, 0.5) is 5.95 Å². The van der Waals surface area contributed by atoms with Crippen LogP contribution in [0.25, 0.3) is 0 Å². The van der Waals surface area contributed by atoms with Crippen LogP contribution in [0.15, 0.2) is 12.4 Å². The number of hydrogen-bond donors (Lipinski definition) is 2. The van der Waals surface area contributed by atoms with Gasteiger partial charge in [0.2, 0.25) is 5.95 Å². The first kappa shape index (κ1) is 15.7. The quantitative estimate of drug-likeness (QED) is 0.692. The van der Waals surface area contributed by atoms with Crippen molar-refractivity contribution in [3.05, 3.63) is 18.0 Å². The van der Waals surface area contributed by atoms with Gasteiger partial charge in [0.1, 0.15) is 18.3 Å². The van der Waals surface area contributed by atoms with Gasteiger partial charge in [0.15, 0.2) is 0 Å². The Morgan fingerprint density at radius 2 is 1.88 bits per heavy atom. The molecule has 1 amide bonds. The summed E-state index contributed by atoms with van der Waals surface area (Å²) >= 11 is 0. The zero-order chi connectivity index (χ0) is 16.5. The Kier molecular flexibility index (Phi) is 4.31. The topological polar surface area (TPSA) is 106 Å². The minimum Gasteiger partial charge on any atom is -0.388 e. The number of carbonyl (C=O) groups is 1. The van der Waals surface area contributed by atoms with Crippen molar-refractivity contribution in [3.8, 4) is 0 Å². The molecule has 0 radical (unpaired) electrons. The van der Waals surface area contributed by atoms with E-state index in [1.54, 1.807) is 0 Å². The van der Waals surface area contributed by atoms with Crippen LogP contribution in [0.5, 0.6) is 0 Å². The Morgan fingerprint density at radius 3 is 2.62 bits per heavy atom. The SMILES string of the molecule is O=C(N[C@@H]1CO[C@H]2[C@@H]1OC[C@H]2O)c1cnc(N2CCOCC2)nc1. The van der Waals surface area contributed by atoms with E-state index in [0.717, 1.165) is 13.1 Å². The molecule has 3 fully saturated rings. The third kappa shape index (κ3) is 2.95. The van der Waals surface area contributed by atoms with Crippen LogP contribution in [0.1, 0.15) is 10.4 Å². The molecule has 0 saturated carbocycles. The molecule has 4 rings (SSSR count). The first-order chi connectivity index (χ1) is 11.7. The highest BCUT2D eigenvalue weighted by molar-refractivity contribution is 5.93. The van der Waals surface area contributed by atoms with Gasteiger partial charge in [-0.2, -0.15) is 0 Å². The summed E-state index contributed by atoms with van der Waals surface area (Å²) in [6.45, 7) is 3.36. The summed E-state index contributed by atoms with van der Waals surface area (Å²) in [5.41, 5.74) is 0.383. The maximum absolute atomic E-state index is 12.4. The number of fused-ring (bicyclic) bond motifs is 1. The summed E-state index contributed by atoms with van der Waals surface area (Å²) in [4.78, 5) is 22.9. The average molecular weight is 336 g/mol. The van der Waals surface area contributed by atoms with E-state index in [1.165, 1.54) is 12.4 Å². The van der Waals surface area contributed by atoms with Crippen molar-refractivity contribution in [2.24, 2.45) is 0 Å². The molecular weight excluding hydrogens is 316 g/mol. The van der Waals surface area contributed by atoms with Gasteiger partial charge in [-0.3, -0.25) is 4.79 Å². The molecule has 130 valence electrons. The van der Waals surface area contributed by atoms with Gasteiger partial charge in [-0.05, 0) is 0 Å². The predicted octanol–water partition coefficient (Wildman–Crippen LogP) is -1.43. The van der Waals surface area contributed by atoms with Crippen LogP contribution in [0.2, 0.25) is 0 Å². The van der Waals surface area contributed by atoms with Gasteiger partial charge in [-0.25, -0.2) is 9.97 Å². The highest BCUT2D eigenvalue weighted by Crippen LogP contribution is 2.27. The van der Waals surface area contributed by atoms with Crippen molar-refractivity contribution >= 4 is 11.9 Å². The number of amides is 1. The fourth-order valence-corrected chi connectivity index (χ4v) is 3.22. The first-order valence-corrected chi connectivity index (χ1v) is 8.09. The standard InChI is InChI=1S/C15H20N4O5/c20-11-8-24-12-10(7-23-13(11)12)18-14(21)9-5-16-15(17-6-9)19-1-3-22-4-2-19/h5-6,10-13,20H,1-4,7-8H2,(H,18,21)/t10-,11-,12-,13-/m1/s1. The Hall–Kier alpha value is -1.81. The molecule has 0 unspecified atom stereocenters.